The van der Waals surface area contributed by atoms with Gasteiger partial charge in [0.25, 0.3) is 0 Å². The average Bonchev–Trinajstić information content (AvgIpc) is 3.42. The van der Waals surface area contributed by atoms with Crippen molar-refractivity contribution in [2.24, 2.45) is 0 Å². The van der Waals surface area contributed by atoms with Crippen LogP contribution in [0, 0.1) is 0 Å². The lowest BCUT2D eigenvalue weighted by atomic mass is 9.85. The van der Waals surface area contributed by atoms with Crippen molar-refractivity contribution in [3.05, 3.63) is 236 Å². The van der Waals surface area contributed by atoms with Crippen molar-refractivity contribution in [2.45, 2.75) is 25.8 Å². The van der Waals surface area contributed by atoms with Gasteiger partial charge in [-0.05, 0) is 127 Å². The van der Waals surface area contributed by atoms with E-state index in [9.17, 15) is 0 Å². The predicted molar refractivity (Wildman–Crippen MR) is 267 cm³/mol. The van der Waals surface area contributed by atoms with Gasteiger partial charge in [-0.1, -0.05) is 189 Å². The average molecular weight is 795 g/mol. The van der Waals surface area contributed by atoms with Crippen molar-refractivity contribution in [1.82, 2.24) is 0 Å². The van der Waals surface area contributed by atoms with Crippen LogP contribution in [-0.4, -0.2) is 6.04 Å². The predicted octanol–water partition coefficient (Wildman–Crippen LogP) is 16.7. The monoisotopic (exact) mass is 794 g/mol. The normalized spacial score (nSPS) is 14.9. The van der Waals surface area contributed by atoms with Crippen LogP contribution in [0.25, 0.3) is 65.3 Å². The van der Waals surface area contributed by atoms with Crippen LogP contribution in [0.3, 0.4) is 0 Å². The zero-order valence-corrected chi connectivity index (χ0v) is 34.8. The summed E-state index contributed by atoms with van der Waals surface area (Å²) in [7, 11) is 0. The van der Waals surface area contributed by atoms with Crippen LogP contribution < -0.4 is 9.80 Å². The molecule has 2 heteroatoms. The lowest BCUT2D eigenvalue weighted by Crippen LogP contribution is -2.29. The molecule has 10 aromatic carbocycles. The van der Waals surface area contributed by atoms with E-state index in [1.807, 2.05) is 0 Å². The number of nitrogens with zero attached hydrogens (tertiary/aromatic N) is 2. The first-order valence-electron chi connectivity index (χ1n) is 21.9. The van der Waals surface area contributed by atoms with Gasteiger partial charge in [0.1, 0.15) is 0 Å². The minimum absolute atomic E-state index is 0.135. The quantitative estimate of drug-likeness (QED) is 0.117. The summed E-state index contributed by atoms with van der Waals surface area (Å²) in [5.41, 5.74) is 12.1. The molecule has 1 heterocycles. The van der Waals surface area contributed by atoms with E-state index < -0.39 is 0 Å². The minimum Gasteiger partial charge on any atom is -0.334 e. The van der Waals surface area contributed by atoms with Gasteiger partial charge >= 0.3 is 0 Å². The van der Waals surface area contributed by atoms with E-state index in [4.69, 9.17) is 0 Å². The molecule has 0 bridgehead atoms. The Morgan fingerprint density at radius 3 is 1.74 bits per heavy atom. The zero-order chi connectivity index (χ0) is 41.4. The molecule has 11 rings (SSSR count). The molecule has 0 aliphatic carbocycles. The molecule has 0 fully saturated rings. The number of hydrogen-bond donors (Lipinski definition) is 0. The maximum Gasteiger partial charge on any atom is 0.0546 e. The van der Waals surface area contributed by atoms with Crippen LogP contribution in [0.15, 0.2) is 231 Å². The van der Waals surface area contributed by atoms with Crippen molar-refractivity contribution in [3.63, 3.8) is 0 Å². The highest BCUT2D eigenvalue weighted by Crippen LogP contribution is 2.47. The summed E-state index contributed by atoms with van der Waals surface area (Å²) in [4.78, 5) is 5.01. The third-order valence-corrected chi connectivity index (χ3v) is 12.7. The van der Waals surface area contributed by atoms with E-state index in [0.717, 1.165) is 35.6 Å². The summed E-state index contributed by atoms with van der Waals surface area (Å²) >= 11 is 0. The van der Waals surface area contributed by atoms with Crippen LogP contribution in [0.1, 0.15) is 18.9 Å². The molecule has 1 aliphatic rings. The molecule has 1 aliphatic heterocycles. The van der Waals surface area contributed by atoms with Crippen LogP contribution >= 0.6 is 0 Å². The Balaban J connectivity index is 1.10. The Hall–Kier alpha value is -7.68. The van der Waals surface area contributed by atoms with Gasteiger partial charge in [-0.15, -0.1) is 0 Å². The summed E-state index contributed by atoms with van der Waals surface area (Å²) in [5, 5.41) is 10.0. The van der Waals surface area contributed by atoms with E-state index in [1.54, 1.807) is 0 Å². The number of benzene rings is 10. The van der Waals surface area contributed by atoms with Gasteiger partial charge in [0, 0.05) is 28.1 Å². The third kappa shape index (κ3) is 6.53. The first kappa shape index (κ1) is 37.3. The summed E-state index contributed by atoms with van der Waals surface area (Å²) in [5.74, 6) is 0. The van der Waals surface area contributed by atoms with Gasteiger partial charge < -0.3 is 9.80 Å². The van der Waals surface area contributed by atoms with Crippen LogP contribution in [-0.2, 0) is 6.42 Å². The molecular weight excluding hydrogens is 749 g/mol. The van der Waals surface area contributed by atoms with Crippen molar-refractivity contribution in [2.75, 3.05) is 9.80 Å². The van der Waals surface area contributed by atoms with Crippen LogP contribution in [0.2, 0.25) is 0 Å². The van der Waals surface area contributed by atoms with E-state index in [1.165, 1.54) is 76.6 Å². The molecule has 0 amide bonds. The maximum atomic E-state index is 2.57. The maximum absolute atomic E-state index is 2.57. The van der Waals surface area contributed by atoms with E-state index >= 15 is 0 Å². The number of rotatable bonds is 7. The molecule has 0 aromatic heterocycles. The SMILES string of the molecule is CCC1/C=C\C=C/Cc2cc(-c3c4ccccc4c(-c4ccccc4)c4ccccc34)ccc2N1c1cccc(N(c2ccccc2)c2cc3ccccc3c3ccccc23)c1. The molecule has 10 aromatic rings. The molecule has 0 saturated heterocycles. The van der Waals surface area contributed by atoms with Crippen molar-refractivity contribution >= 4 is 71.5 Å². The lowest BCUT2D eigenvalue weighted by Gasteiger charge is -2.35. The summed E-state index contributed by atoms with van der Waals surface area (Å²) in [6, 6.07) is 76.0. The van der Waals surface area contributed by atoms with Gasteiger partial charge in [0.15, 0.2) is 0 Å². The van der Waals surface area contributed by atoms with Gasteiger partial charge in [-0.2, -0.15) is 0 Å². The number of anilines is 5. The van der Waals surface area contributed by atoms with E-state index in [2.05, 4.69) is 247 Å². The summed E-state index contributed by atoms with van der Waals surface area (Å²) in [6.07, 6.45) is 10.9. The molecule has 0 radical (unpaired) electrons. The fourth-order valence-electron chi connectivity index (χ4n) is 9.88. The van der Waals surface area contributed by atoms with Gasteiger partial charge in [0.05, 0.1) is 11.7 Å². The number of para-hydroxylation sites is 1. The molecule has 62 heavy (non-hydrogen) atoms. The molecule has 0 N–H and O–H groups in total. The molecule has 0 spiro atoms. The molecule has 1 atom stereocenters. The fourth-order valence-corrected chi connectivity index (χ4v) is 9.88. The van der Waals surface area contributed by atoms with E-state index in [0.29, 0.717) is 0 Å². The first-order valence-corrected chi connectivity index (χ1v) is 21.9. The van der Waals surface area contributed by atoms with Crippen molar-refractivity contribution in [3.8, 4) is 22.3 Å². The topological polar surface area (TPSA) is 6.48 Å². The molecular formula is C60H46N2. The highest BCUT2D eigenvalue weighted by molar-refractivity contribution is 6.21. The number of allylic oxidation sites excluding steroid dienone is 3. The summed E-state index contributed by atoms with van der Waals surface area (Å²) in [6.45, 7) is 2.30. The molecule has 2 nitrogen and oxygen atoms in total. The highest BCUT2D eigenvalue weighted by atomic mass is 15.2. The standard InChI is InChI=1S/C60H46N2/c1-2-46-25-9-4-8-24-44-39-45(60-55-35-18-16-33-53(55)59(42-21-6-3-7-22-42)54-34-17-19-36-56(54)60)37-38-57(44)61(46)48-28-20-29-49(41-48)62(47-26-10-5-11-27-47)58-40-43-23-12-13-30-50(43)51-31-14-15-32-52(51)58/h3-23,25-41,46H,2,24H2,1H3/b8-4-,25-9-. The lowest BCUT2D eigenvalue weighted by molar-refractivity contribution is 0.748. The molecule has 0 saturated carbocycles. The Bertz CT molecular complexity index is 3270. The first-order chi connectivity index (χ1) is 30.7. The second-order valence-corrected chi connectivity index (χ2v) is 16.3. The second kappa shape index (κ2) is 16.1. The van der Waals surface area contributed by atoms with Crippen molar-refractivity contribution in [1.29, 1.82) is 0 Å². The van der Waals surface area contributed by atoms with Gasteiger partial charge in [-0.25, -0.2) is 0 Å². The van der Waals surface area contributed by atoms with Crippen LogP contribution in [0.5, 0.6) is 0 Å². The number of hydrogen-bond acceptors (Lipinski definition) is 2. The Morgan fingerprint density at radius 1 is 0.468 bits per heavy atom. The molecule has 1 unspecified atom stereocenters. The highest BCUT2D eigenvalue weighted by Gasteiger charge is 2.25. The largest absolute Gasteiger partial charge is 0.334 e. The smallest absolute Gasteiger partial charge is 0.0546 e. The Kier molecular flexibility index (Phi) is 9.67. The van der Waals surface area contributed by atoms with Crippen LogP contribution in [0.4, 0.5) is 28.4 Å². The Labute approximate surface area is 363 Å². The number of fused-ring (bicyclic) bond motifs is 6. The summed E-state index contributed by atoms with van der Waals surface area (Å²) < 4.78 is 0. The third-order valence-electron chi connectivity index (χ3n) is 12.7. The van der Waals surface area contributed by atoms with Gasteiger partial charge in [-0.3, -0.25) is 0 Å². The fraction of sp³-hybridized carbons (Fsp3) is 0.0667. The van der Waals surface area contributed by atoms with Gasteiger partial charge in [0.2, 0.25) is 0 Å². The zero-order valence-electron chi connectivity index (χ0n) is 34.8. The second-order valence-electron chi connectivity index (χ2n) is 16.3. The van der Waals surface area contributed by atoms with E-state index in [-0.39, 0.29) is 6.04 Å². The minimum atomic E-state index is 0.135. The Morgan fingerprint density at radius 2 is 1.05 bits per heavy atom. The van der Waals surface area contributed by atoms with Crippen molar-refractivity contribution < 1.29 is 0 Å². The molecule has 296 valence electrons.